The van der Waals surface area contributed by atoms with Crippen LogP contribution in [0.2, 0.25) is 5.02 Å². The van der Waals surface area contributed by atoms with Crippen LogP contribution in [-0.4, -0.2) is 24.6 Å². The quantitative estimate of drug-likeness (QED) is 0.275. The highest BCUT2D eigenvalue weighted by atomic mass is 35.5. The number of carbonyl (C=O) groups excluding carboxylic acids is 3. The fourth-order valence-corrected chi connectivity index (χ4v) is 3.56. The zero-order valence-electron chi connectivity index (χ0n) is 16.9. The lowest BCUT2D eigenvalue weighted by atomic mass is 10.1. The smallest absolute Gasteiger partial charge is 0.343 e. The summed E-state index contributed by atoms with van der Waals surface area (Å²) < 4.78 is 16.1. The molecule has 0 aromatic heterocycles. The van der Waals surface area contributed by atoms with Crippen LogP contribution in [0.4, 0.5) is 5.69 Å². The first-order chi connectivity index (χ1) is 16.0. The Hall–Kier alpha value is -4.30. The van der Waals surface area contributed by atoms with E-state index in [1.165, 1.54) is 24.3 Å². The van der Waals surface area contributed by atoms with Crippen LogP contribution in [0.15, 0.2) is 72.3 Å². The summed E-state index contributed by atoms with van der Waals surface area (Å²) in [5.74, 6) is -0.665. The normalized spacial score (nSPS) is 15.7. The predicted octanol–water partition coefficient (Wildman–Crippen LogP) is 3.75. The van der Waals surface area contributed by atoms with E-state index in [2.05, 4.69) is 5.43 Å². The van der Waals surface area contributed by atoms with Gasteiger partial charge in [-0.3, -0.25) is 15.0 Å². The number of benzene rings is 3. The Kier molecular flexibility index (Phi) is 5.20. The van der Waals surface area contributed by atoms with E-state index >= 15 is 0 Å². The van der Waals surface area contributed by atoms with E-state index in [0.717, 1.165) is 5.01 Å². The van der Waals surface area contributed by atoms with E-state index in [0.29, 0.717) is 27.8 Å². The first-order valence-electron chi connectivity index (χ1n) is 9.83. The van der Waals surface area contributed by atoms with Gasteiger partial charge in [0.2, 0.25) is 6.79 Å². The summed E-state index contributed by atoms with van der Waals surface area (Å²) in [4.78, 5) is 38.1. The van der Waals surface area contributed by atoms with Crippen molar-refractivity contribution in [3.8, 4) is 17.2 Å². The van der Waals surface area contributed by atoms with Crippen LogP contribution >= 0.6 is 11.6 Å². The molecule has 2 aliphatic rings. The summed E-state index contributed by atoms with van der Waals surface area (Å²) in [5, 5.41) is 1.49. The third kappa shape index (κ3) is 3.99. The second-order valence-electron chi connectivity index (χ2n) is 7.11. The topological polar surface area (TPSA) is 94.2 Å². The first kappa shape index (κ1) is 20.6. The van der Waals surface area contributed by atoms with Crippen molar-refractivity contribution < 1.29 is 28.6 Å². The van der Waals surface area contributed by atoms with Gasteiger partial charge in [0.25, 0.3) is 11.8 Å². The number of rotatable bonds is 4. The zero-order chi connectivity index (χ0) is 22.9. The number of hydrogen-bond acceptors (Lipinski definition) is 6. The number of esters is 1. The highest BCUT2D eigenvalue weighted by molar-refractivity contribution is 6.32. The maximum atomic E-state index is 12.9. The number of hydrogen-bond donors (Lipinski definition) is 1. The molecule has 0 spiro atoms. The molecule has 2 heterocycles. The number of carbonyl (C=O) groups is 3. The van der Waals surface area contributed by atoms with Gasteiger partial charge >= 0.3 is 5.97 Å². The molecule has 3 aromatic rings. The van der Waals surface area contributed by atoms with Crippen LogP contribution in [0.5, 0.6) is 17.2 Å². The van der Waals surface area contributed by atoms with Crippen LogP contribution in [0.1, 0.15) is 15.9 Å². The highest BCUT2D eigenvalue weighted by Gasteiger charge is 2.34. The van der Waals surface area contributed by atoms with Crippen LogP contribution in [0, 0.1) is 0 Å². The van der Waals surface area contributed by atoms with Gasteiger partial charge < -0.3 is 14.2 Å². The van der Waals surface area contributed by atoms with Gasteiger partial charge in [0.1, 0.15) is 11.3 Å². The minimum absolute atomic E-state index is 0.0822. The largest absolute Gasteiger partial charge is 0.454 e. The lowest BCUT2D eigenvalue weighted by Gasteiger charge is -2.14. The average Bonchev–Trinajstić information content (AvgIpc) is 3.40. The molecule has 8 nitrogen and oxygen atoms in total. The number of anilines is 1. The van der Waals surface area contributed by atoms with Crippen molar-refractivity contribution in [1.82, 2.24) is 5.43 Å². The van der Waals surface area contributed by atoms with Crippen molar-refractivity contribution in [1.29, 1.82) is 0 Å². The lowest BCUT2D eigenvalue weighted by Crippen LogP contribution is -2.35. The number of nitrogens with zero attached hydrogens (tertiary/aromatic N) is 1. The van der Waals surface area contributed by atoms with E-state index < -0.39 is 17.8 Å². The molecule has 2 aliphatic heterocycles. The Balaban J connectivity index is 1.44. The number of fused-ring (bicyclic) bond motifs is 1. The number of ether oxygens (including phenoxy) is 3. The molecular formula is C24H15ClN2O6. The molecule has 2 amide bonds. The fraction of sp³-hybridized carbons (Fsp3) is 0.0417. The molecule has 0 saturated carbocycles. The Morgan fingerprint density at radius 2 is 1.79 bits per heavy atom. The van der Waals surface area contributed by atoms with Crippen molar-refractivity contribution >= 4 is 41.1 Å². The average molecular weight is 463 g/mol. The summed E-state index contributed by atoms with van der Waals surface area (Å²) in [7, 11) is 0. The number of hydrazine groups is 1. The van der Waals surface area contributed by atoms with Crippen LogP contribution in [-0.2, 0) is 9.59 Å². The van der Waals surface area contributed by atoms with E-state index in [4.69, 9.17) is 25.8 Å². The summed E-state index contributed by atoms with van der Waals surface area (Å²) >= 11 is 6.12. The summed E-state index contributed by atoms with van der Waals surface area (Å²) in [6.45, 7) is 0.0822. The van der Waals surface area contributed by atoms with Gasteiger partial charge in [-0.25, -0.2) is 9.80 Å². The molecule has 5 rings (SSSR count). The van der Waals surface area contributed by atoms with Crippen molar-refractivity contribution in [3.05, 3.63) is 88.5 Å². The minimum atomic E-state index is -0.650. The molecule has 0 aliphatic carbocycles. The van der Waals surface area contributed by atoms with E-state index in [-0.39, 0.29) is 23.7 Å². The zero-order valence-corrected chi connectivity index (χ0v) is 17.7. The number of amides is 2. The minimum Gasteiger partial charge on any atom is -0.454 e. The predicted molar refractivity (Wildman–Crippen MR) is 119 cm³/mol. The van der Waals surface area contributed by atoms with Crippen molar-refractivity contribution in [2.45, 2.75) is 0 Å². The standard InChI is InChI=1S/C24H15ClN2O6/c25-16-7-9-19(33-24(30)14-6-8-20-21(12-14)32-13-31-20)15(10-16)11-18-22(28)26-27(23(18)29)17-4-2-1-3-5-17/h1-12H,13H2,(H,26,28). The van der Waals surface area contributed by atoms with Crippen LogP contribution in [0.3, 0.4) is 0 Å². The van der Waals surface area contributed by atoms with Crippen molar-refractivity contribution in [2.75, 3.05) is 11.8 Å². The second-order valence-corrected chi connectivity index (χ2v) is 7.55. The molecule has 1 fully saturated rings. The first-order valence-corrected chi connectivity index (χ1v) is 10.2. The molecule has 1 N–H and O–H groups in total. The molecule has 164 valence electrons. The van der Waals surface area contributed by atoms with Gasteiger partial charge in [0.15, 0.2) is 11.5 Å². The van der Waals surface area contributed by atoms with Gasteiger partial charge in [-0.1, -0.05) is 29.8 Å². The molecule has 0 bridgehead atoms. The Morgan fingerprint density at radius 3 is 2.61 bits per heavy atom. The molecule has 3 aromatic carbocycles. The van der Waals surface area contributed by atoms with Gasteiger partial charge in [-0.15, -0.1) is 0 Å². The molecular weight excluding hydrogens is 448 g/mol. The Bertz CT molecular complexity index is 1320. The van der Waals surface area contributed by atoms with E-state index in [1.54, 1.807) is 48.5 Å². The number of halogens is 1. The summed E-state index contributed by atoms with van der Waals surface area (Å²) in [6, 6.07) is 17.9. The maximum Gasteiger partial charge on any atom is 0.343 e. The summed E-state index contributed by atoms with van der Waals surface area (Å²) in [6.07, 6.45) is 1.34. The number of para-hydroxylation sites is 1. The number of nitrogens with one attached hydrogen (secondary N) is 1. The Labute approximate surface area is 192 Å². The van der Waals surface area contributed by atoms with Gasteiger partial charge in [-0.05, 0) is 54.6 Å². The molecule has 0 atom stereocenters. The van der Waals surface area contributed by atoms with Crippen LogP contribution < -0.4 is 24.6 Å². The third-order valence-corrected chi connectivity index (χ3v) is 5.22. The van der Waals surface area contributed by atoms with E-state index in [1.807, 2.05) is 0 Å². The van der Waals surface area contributed by atoms with Gasteiger partial charge in [-0.2, -0.15) is 0 Å². The van der Waals surface area contributed by atoms with Gasteiger partial charge in [0, 0.05) is 10.6 Å². The van der Waals surface area contributed by atoms with Crippen molar-refractivity contribution in [3.63, 3.8) is 0 Å². The molecule has 0 radical (unpaired) electrons. The lowest BCUT2D eigenvalue weighted by molar-refractivity contribution is -0.117. The van der Waals surface area contributed by atoms with E-state index in [9.17, 15) is 14.4 Å². The molecule has 1 saturated heterocycles. The molecule has 33 heavy (non-hydrogen) atoms. The molecule has 0 unspecified atom stereocenters. The third-order valence-electron chi connectivity index (χ3n) is 4.99. The highest BCUT2D eigenvalue weighted by Crippen LogP contribution is 2.33. The van der Waals surface area contributed by atoms with Crippen LogP contribution in [0.25, 0.3) is 6.08 Å². The van der Waals surface area contributed by atoms with Gasteiger partial charge in [0.05, 0.1) is 11.3 Å². The summed E-state index contributed by atoms with van der Waals surface area (Å²) in [5.41, 5.74) is 3.46. The molecule has 9 heteroatoms. The monoisotopic (exact) mass is 462 g/mol. The Morgan fingerprint density at radius 1 is 1.00 bits per heavy atom. The van der Waals surface area contributed by atoms with Crippen molar-refractivity contribution in [2.24, 2.45) is 0 Å². The SMILES string of the molecule is O=C1NN(c2ccccc2)C(=O)C1=Cc1cc(Cl)ccc1OC(=O)c1ccc2c(c1)OCO2. The fourth-order valence-electron chi connectivity index (χ4n) is 3.38. The maximum absolute atomic E-state index is 12.9. The second kappa shape index (κ2) is 8.33.